The molecule has 0 saturated heterocycles. The molecule has 0 radical (unpaired) electrons. The zero-order chi connectivity index (χ0) is 12.0. The monoisotopic (exact) mass is 229 g/mol. The SMILES string of the molecule is NCCOCC(=O)Cc1cccc(F)c1F. The summed E-state index contributed by atoms with van der Waals surface area (Å²) in [5, 5.41) is 0. The molecule has 0 saturated carbocycles. The minimum absolute atomic E-state index is 0.0429. The van der Waals surface area contributed by atoms with E-state index in [1.54, 1.807) is 0 Å². The highest BCUT2D eigenvalue weighted by molar-refractivity contribution is 5.82. The van der Waals surface area contributed by atoms with Crippen LogP contribution in [0.2, 0.25) is 0 Å². The molecule has 0 aliphatic carbocycles. The predicted octanol–water partition coefficient (Wildman–Crippen LogP) is 1.05. The van der Waals surface area contributed by atoms with E-state index in [-0.39, 0.29) is 31.0 Å². The molecule has 0 spiro atoms. The minimum Gasteiger partial charge on any atom is -0.372 e. The Kier molecular flexibility index (Phi) is 5.01. The van der Waals surface area contributed by atoms with E-state index in [1.807, 2.05) is 0 Å². The van der Waals surface area contributed by atoms with Gasteiger partial charge < -0.3 is 10.5 Å². The van der Waals surface area contributed by atoms with Gasteiger partial charge >= 0.3 is 0 Å². The van der Waals surface area contributed by atoms with Gasteiger partial charge in [-0.1, -0.05) is 12.1 Å². The summed E-state index contributed by atoms with van der Waals surface area (Å²) >= 11 is 0. The minimum atomic E-state index is -0.977. The van der Waals surface area contributed by atoms with Gasteiger partial charge in [0.25, 0.3) is 0 Å². The predicted molar refractivity (Wildman–Crippen MR) is 54.9 cm³/mol. The quantitative estimate of drug-likeness (QED) is 0.742. The van der Waals surface area contributed by atoms with E-state index in [0.29, 0.717) is 6.54 Å². The second-order valence-electron chi connectivity index (χ2n) is 3.27. The third kappa shape index (κ3) is 3.67. The number of rotatable bonds is 6. The van der Waals surface area contributed by atoms with Crippen LogP contribution in [0.1, 0.15) is 5.56 Å². The van der Waals surface area contributed by atoms with Crippen molar-refractivity contribution in [1.29, 1.82) is 0 Å². The summed E-state index contributed by atoms with van der Waals surface area (Å²) in [6.07, 6.45) is -0.172. The number of benzene rings is 1. The second kappa shape index (κ2) is 6.30. The lowest BCUT2D eigenvalue weighted by atomic mass is 10.1. The summed E-state index contributed by atoms with van der Waals surface area (Å²) in [4.78, 5) is 11.3. The van der Waals surface area contributed by atoms with Crippen molar-refractivity contribution in [3.05, 3.63) is 35.4 Å². The Morgan fingerprint density at radius 2 is 2.12 bits per heavy atom. The lowest BCUT2D eigenvalue weighted by Crippen LogP contribution is -2.16. The molecule has 2 N–H and O–H groups in total. The molecule has 1 aromatic rings. The van der Waals surface area contributed by atoms with Crippen LogP contribution in [-0.2, 0) is 16.0 Å². The average Bonchev–Trinajstić information content (AvgIpc) is 2.25. The number of Topliss-reactive ketones (excluding diaryl/α,β-unsaturated/α-hetero) is 1. The van der Waals surface area contributed by atoms with Gasteiger partial charge in [0.1, 0.15) is 6.61 Å². The molecule has 0 fully saturated rings. The molecular weight excluding hydrogens is 216 g/mol. The first kappa shape index (κ1) is 12.7. The Morgan fingerprint density at radius 3 is 2.81 bits per heavy atom. The highest BCUT2D eigenvalue weighted by Gasteiger charge is 2.11. The maximum Gasteiger partial charge on any atom is 0.162 e. The van der Waals surface area contributed by atoms with E-state index in [4.69, 9.17) is 10.5 Å². The zero-order valence-corrected chi connectivity index (χ0v) is 8.71. The van der Waals surface area contributed by atoms with E-state index in [0.717, 1.165) is 6.07 Å². The first-order valence-electron chi connectivity index (χ1n) is 4.87. The van der Waals surface area contributed by atoms with Crippen LogP contribution in [0.25, 0.3) is 0 Å². The molecule has 0 bridgehead atoms. The number of halogens is 2. The molecule has 1 rings (SSSR count). The van der Waals surface area contributed by atoms with Crippen molar-refractivity contribution in [3.63, 3.8) is 0 Å². The van der Waals surface area contributed by atoms with Crippen molar-refractivity contribution < 1.29 is 18.3 Å². The van der Waals surface area contributed by atoms with Crippen LogP contribution in [0.3, 0.4) is 0 Å². The van der Waals surface area contributed by atoms with Crippen molar-refractivity contribution in [2.24, 2.45) is 5.73 Å². The average molecular weight is 229 g/mol. The number of hydrogen-bond acceptors (Lipinski definition) is 3. The molecule has 0 amide bonds. The van der Waals surface area contributed by atoms with Crippen molar-refractivity contribution >= 4 is 5.78 Å². The third-order valence-electron chi connectivity index (χ3n) is 1.94. The number of carbonyl (C=O) groups is 1. The molecule has 0 aliphatic rings. The van der Waals surface area contributed by atoms with Crippen molar-refractivity contribution in [1.82, 2.24) is 0 Å². The van der Waals surface area contributed by atoms with Gasteiger partial charge in [-0.2, -0.15) is 0 Å². The molecule has 5 heteroatoms. The molecule has 0 unspecified atom stereocenters. The van der Waals surface area contributed by atoms with Crippen LogP contribution >= 0.6 is 0 Å². The van der Waals surface area contributed by atoms with Crippen LogP contribution in [0.15, 0.2) is 18.2 Å². The van der Waals surface area contributed by atoms with Crippen molar-refractivity contribution in [2.45, 2.75) is 6.42 Å². The van der Waals surface area contributed by atoms with E-state index in [1.165, 1.54) is 12.1 Å². The molecule has 1 aromatic carbocycles. The Hall–Kier alpha value is -1.33. The number of ether oxygens (including phenoxy) is 1. The lowest BCUT2D eigenvalue weighted by Gasteiger charge is -2.04. The van der Waals surface area contributed by atoms with E-state index < -0.39 is 11.6 Å². The number of ketones is 1. The standard InChI is InChI=1S/C11H13F2NO2/c12-10-3-1-2-8(11(10)13)6-9(15)7-16-5-4-14/h1-3H,4-7,14H2. The Labute approximate surface area is 92.2 Å². The van der Waals surface area contributed by atoms with Gasteiger partial charge in [-0.3, -0.25) is 4.79 Å². The van der Waals surface area contributed by atoms with Crippen molar-refractivity contribution in [2.75, 3.05) is 19.8 Å². The first-order valence-corrected chi connectivity index (χ1v) is 4.87. The number of carbonyl (C=O) groups excluding carboxylic acids is 1. The summed E-state index contributed by atoms with van der Waals surface area (Å²) in [6.45, 7) is 0.464. The molecule has 0 aliphatic heterocycles. The van der Waals surface area contributed by atoms with E-state index in [2.05, 4.69) is 0 Å². The number of hydrogen-bond donors (Lipinski definition) is 1. The van der Waals surface area contributed by atoms with Gasteiger partial charge in [-0.05, 0) is 11.6 Å². The summed E-state index contributed by atoms with van der Waals surface area (Å²) in [6, 6.07) is 3.75. The van der Waals surface area contributed by atoms with Crippen LogP contribution in [0, 0.1) is 11.6 Å². The topological polar surface area (TPSA) is 52.3 Å². The number of nitrogens with two attached hydrogens (primary N) is 1. The maximum atomic E-state index is 13.2. The van der Waals surface area contributed by atoms with Crippen LogP contribution in [0.5, 0.6) is 0 Å². The molecule has 0 heterocycles. The van der Waals surface area contributed by atoms with Crippen LogP contribution in [0.4, 0.5) is 8.78 Å². The van der Waals surface area contributed by atoms with E-state index in [9.17, 15) is 13.6 Å². The summed E-state index contributed by atoms with van der Waals surface area (Å²) in [7, 11) is 0. The Balaban J connectivity index is 2.53. The Morgan fingerprint density at radius 1 is 1.38 bits per heavy atom. The molecular formula is C11H13F2NO2. The summed E-state index contributed by atoms with van der Waals surface area (Å²) < 4.78 is 30.9. The summed E-state index contributed by atoms with van der Waals surface area (Å²) in [5.74, 6) is -2.24. The molecule has 16 heavy (non-hydrogen) atoms. The third-order valence-corrected chi connectivity index (χ3v) is 1.94. The normalized spacial score (nSPS) is 10.4. The fourth-order valence-corrected chi connectivity index (χ4v) is 1.22. The van der Waals surface area contributed by atoms with Crippen molar-refractivity contribution in [3.8, 4) is 0 Å². The van der Waals surface area contributed by atoms with Crippen LogP contribution in [-0.4, -0.2) is 25.5 Å². The van der Waals surface area contributed by atoms with Gasteiger partial charge in [0.2, 0.25) is 0 Å². The van der Waals surface area contributed by atoms with Gasteiger partial charge in [-0.25, -0.2) is 8.78 Å². The van der Waals surface area contributed by atoms with Crippen LogP contribution < -0.4 is 5.73 Å². The fourth-order valence-electron chi connectivity index (χ4n) is 1.22. The first-order chi connectivity index (χ1) is 7.65. The van der Waals surface area contributed by atoms with Gasteiger partial charge in [0.05, 0.1) is 6.61 Å². The van der Waals surface area contributed by atoms with Gasteiger partial charge in [0, 0.05) is 13.0 Å². The molecule has 3 nitrogen and oxygen atoms in total. The van der Waals surface area contributed by atoms with E-state index >= 15 is 0 Å². The second-order valence-corrected chi connectivity index (χ2v) is 3.27. The fraction of sp³-hybridized carbons (Fsp3) is 0.364. The molecule has 0 atom stereocenters. The smallest absolute Gasteiger partial charge is 0.162 e. The summed E-state index contributed by atoms with van der Waals surface area (Å²) in [5.41, 5.74) is 5.21. The van der Waals surface area contributed by atoms with Gasteiger partial charge in [0.15, 0.2) is 17.4 Å². The Bertz CT molecular complexity index is 369. The molecule has 0 aromatic heterocycles. The highest BCUT2D eigenvalue weighted by atomic mass is 19.2. The largest absolute Gasteiger partial charge is 0.372 e. The molecule has 88 valence electrons. The zero-order valence-electron chi connectivity index (χ0n) is 8.71. The maximum absolute atomic E-state index is 13.2. The van der Waals surface area contributed by atoms with Gasteiger partial charge in [-0.15, -0.1) is 0 Å². The highest BCUT2D eigenvalue weighted by Crippen LogP contribution is 2.12. The lowest BCUT2D eigenvalue weighted by molar-refractivity contribution is -0.122.